The topological polar surface area (TPSA) is 0 Å². The Balaban J connectivity index is 1.84. The van der Waals surface area contributed by atoms with Gasteiger partial charge in [-0.25, -0.2) is 0 Å². The van der Waals surface area contributed by atoms with E-state index in [2.05, 4.69) is 13.8 Å². The van der Waals surface area contributed by atoms with E-state index in [4.69, 9.17) is 0 Å². The van der Waals surface area contributed by atoms with Crippen LogP contribution in [0.5, 0.6) is 0 Å². The van der Waals surface area contributed by atoms with Crippen LogP contribution in [0.1, 0.15) is 65.2 Å². The summed E-state index contributed by atoms with van der Waals surface area (Å²) < 4.78 is 0. The molecule has 0 N–H and O–H groups in total. The average Bonchev–Trinajstić information content (AvgIpc) is 2.91. The summed E-state index contributed by atoms with van der Waals surface area (Å²) in [5.74, 6) is 2.33. The number of unbranched alkanes of at least 4 members (excludes halogenated alkanes) is 2. The molecule has 2 aliphatic rings. The molecule has 0 radical (unpaired) electrons. The fraction of sp³-hybridized carbons (Fsp3) is 1.00. The summed E-state index contributed by atoms with van der Waals surface area (Å²) in [6.45, 7) is 4.71. The highest BCUT2D eigenvalue weighted by atomic mass is 31.1. The molecule has 2 bridgehead atoms. The SMILES string of the molecule is CCCCP(CCCC)C1CC2CCC1C2. The molecule has 16 heavy (non-hydrogen) atoms. The van der Waals surface area contributed by atoms with Gasteiger partial charge in [-0.1, -0.05) is 33.1 Å². The first-order valence-electron chi connectivity index (χ1n) is 7.59. The van der Waals surface area contributed by atoms with Crippen LogP contribution in [0.2, 0.25) is 0 Å². The maximum atomic E-state index is 2.36. The van der Waals surface area contributed by atoms with Crippen LogP contribution in [-0.2, 0) is 0 Å². The van der Waals surface area contributed by atoms with Crippen LogP contribution in [0.15, 0.2) is 0 Å². The zero-order chi connectivity index (χ0) is 11.4. The molecule has 1 heteroatoms. The van der Waals surface area contributed by atoms with E-state index in [9.17, 15) is 0 Å². The van der Waals surface area contributed by atoms with Gasteiger partial charge in [-0.15, -0.1) is 7.92 Å². The molecule has 0 saturated heterocycles. The van der Waals surface area contributed by atoms with E-state index in [0.717, 1.165) is 5.92 Å². The minimum atomic E-state index is 0.412. The molecule has 2 aliphatic carbocycles. The Morgan fingerprint density at radius 3 is 2.06 bits per heavy atom. The number of rotatable bonds is 7. The molecule has 0 amide bonds. The molecule has 0 aromatic carbocycles. The van der Waals surface area contributed by atoms with Crippen molar-refractivity contribution in [2.75, 3.05) is 12.3 Å². The zero-order valence-corrected chi connectivity index (χ0v) is 12.1. The number of hydrogen-bond acceptors (Lipinski definition) is 0. The lowest BCUT2D eigenvalue weighted by Gasteiger charge is -2.31. The third kappa shape index (κ3) is 3.00. The normalized spacial score (nSPS) is 32.8. The summed E-state index contributed by atoms with van der Waals surface area (Å²) in [6, 6.07) is 0. The van der Waals surface area contributed by atoms with E-state index in [-0.39, 0.29) is 0 Å². The zero-order valence-electron chi connectivity index (χ0n) is 11.3. The van der Waals surface area contributed by atoms with Gasteiger partial charge in [0.2, 0.25) is 0 Å². The molecular weight excluding hydrogens is 211 g/mol. The van der Waals surface area contributed by atoms with Crippen LogP contribution >= 0.6 is 7.92 Å². The van der Waals surface area contributed by atoms with Gasteiger partial charge in [-0.2, -0.15) is 0 Å². The Labute approximate surface area is 103 Å². The predicted molar refractivity (Wildman–Crippen MR) is 75.7 cm³/mol. The third-order valence-electron chi connectivity index (χ3n) is 4.77. The van der Waals surface area contributed by atoms with E-state index in [0.29, 0.717) is 7.92 Å². The molecule has 3 atom stereocenters. The van der Waals surface area contributed by atoms with Gasteiger partial charge in [0.15, 0.2) is 0 Å². The summed E-state index contributed by atoms with van der Waals surface area (Å²) in [5.41, 5.74) is 1.20. The Morgan fingerprint density at radius 2 is 1.62 bits per heavy atom. The van der Waals surface area contributed by atoms with Gasteiger partial charge < -0.3 is 0 Å². The molecule has 2 rings (SSSR count). The minimum Gasteiger partial charge on any atom is -0.103 e. The molecular formula is C15H29P. The molecule has 3 unspecified atom stereocenters. The molecule has 94 valence electrons. The molecule has 0 aromatic rings. The smallest absolute Gasteiger partial charge is 0.0178 e. The van der Waals surface area contributed by atoms with Crippen LogP contribution < -0.4 is 0 Å². The summed E-state index contributed by atoms with van der Waals surface area (Å²) >= 11 is 0. The quantitative estimate of drug-likeness (QED) is 0.533. The van der Waals surface area contributed by atoms with Crippen LogP contribution in [0.4, 0.5) is 0 Å². The highest BCUT2D eigenvalue weighted by Crippen LogP contribution is 2.59. The van der Waals surface area contributed by atoms with Crippen LogP contribution in [0.3, 0.4) is 0 Å². The summed E-state index contributed by atoms with van der Waals surface area (Å²) in [4.78, 5) is 0. The molecule has 0 aliphatic heterocycles. The van der Waals surface area contributed by atoms with Gasteiger partial charge in [0.05, 0.1) is 0 Å². The van der Waals surface area contributed by atoms with E-state index in [1.807, 2.05) is 0 Å². The van der Waals surface area contributed by atoms with Gasteiger partial charge in [0.1, 0.15) is 0 Å². The van der Waals surface area contributed by atoms with E-state index in [1.54, 1.807) is 38.0 Å². The summed E-state index contributed by atoms with van der Waals surface area (Å²) in [7, 11) is 0.412. The fourth-order valence-electron chi connectivity index (χ4n) is 3.82. The summed E-state index contributed by atoms with van der Waals surface area (Å²) in [5, 5.41) is 0. The Hall–Kier alpha value is 0.430. The maximum absolute atomic E-state index is 2.36. The highest BCUT2D eigenvalue weighted by Gasteiger charge is 2.42. The second-order valence-corrected chi connectivity index (χ2v) is 8.72. The maximum Gasteiger partial charge on any atom is -0.0178 e. The van der Waals surface area contributed by atoms with E-state index >= 15 is 0 Å². The molecule has 0 spiro atoms. The van der Waals surface area contributed by atoms with Crippen molar-refractivity contribution >= 4 is 7.92 Å². The lowest BCUT2D eigenvalue weighted by Crippen LogP contribution is -2.17. The van der Waals surface area contributed by atoms with Crippen molar-refractivity contribution in [3.63, 3.8) is 0 Å². The van der Waals surface area contributed by atoms with Crippen LogP contribution in [0.25, 0.3) is 0 Å². The first-order chi connectivity index (χ1) is 7.85. The van der Waals surface area contributed by atoms with Crippen LogP contribution in [-0.4, -0.2) is 18.0 Å². The highest BCUT2D eigenvalue weighted by molar-refractivity contribution is 7.58. The molecule has 2 fully saturated rings. The Kier molecular flexibility index (Phi) is 5.14. The Morgan fingerprint density at radius 1 is 0.938 bits per heavy atom. The van der Waals surface area contributed by atoms with Gasteiger partial charge >= 0.3 is 0 Å². The van der Waals surface area contributed by atoms with Crippen molar-refractivity contribution in [1.82, 2.24) is 0 Å². The van der Waals surface area contributed by atoms with E-state index in [1.165, 1.54) is 37.3 Å². The van der Waals surface area contributed by atoms with Crippen molar-refractivity contribution < 1.29 is 0 Å². The van der Waals surface area contributed by atoms with Gasteiger partial charge in [-0.05, 0) is 61.9 Å². The molecule has 0 nitrogen and oxygen atoms in total. The first kappa shape index (κ1) is 12.9. The third-order valence-corrected chi connectivity index (χ3v) is 8.12. The first-order valence-corrected chi connectivity index (χ1v) is 9.37. The fourth-order valence-corrected chi connectivity index (χ4v) is 7.62. The van der Waals surface area contributed by atoms with E-state index < -0.39 is 0 Å². The molecule has 0 aromatic heterocycles. The van der Waals surface area contributed by atoms with Gasteiger partial charge in [-0.3, -0.25) is 0 Å². The minimum absolute atomic E-state index is 0.412. The Bertz CT molecular complexity index is 194. The van der Waals surface area contributed by atoms with Crippen molar-refractivity contribution in [3.8, 4) is 0 Å². The number of fused-ring (bicyclic) bond motifs is 2. The largest absolute Gasteiger partial charge is 0.103 e. The average molecular weight is 240 g/mol. The lowest BCUT2D eigenvalue weighted by molar-refractivity contribution is 0.486. The molecule has 2 saturated carbocycles. The predicted octanol–water partition coefficient (Wildman–Crippen LogP) is 5.26. The van der Waals surface area contributed by atoms with Gasteiger partial charge in [0.25, 0.3) is 0 Å². The van der Waals surface area contributed by atoms with Gasteiger partial charge in [0, 0.05) is 0 Å². The number of hydrogen-bond donors (Lipinski definition) is 0. The lowest BCUT2D eigenvalue weighted by atomic mass is 10.0. The second-order valence-electron chi connectivity index (χ2n) is 5.99. The van der Waals surface area contributed by atoms with Crippen molar-refractivity contribution in [1.29, 1.82) is 0 Å². The van der Waals surface area contributed by atoms with Crippen LogP contribution in [0, 0.1) is 11.8 Å². The van der Waals surface area contributed by atoms with Crippen molar-refractivity contribution in [3.05, 3.63) is 0 Å². The van der Waals surface area contributed by atoms with Crippen molar-refractivity contribution in [2.45, 2.75) is 70.9 Å². The monoisotopic (exact) mass is 240 g/mol. The summed E-state index contributed by atoms with van der Waals surface area (Å²) in [6.07, 6.45) is 15.4. The second kappa shape index (κ2) is 6.39. The van der Waals surface area contributed by atoms with Crippen molar-refractivity contribution in [2.24, 2.45) is 11.8 Å². The standard InChI is InChI=1S/C15H29P/c1-3-5-9-16(10-6-4-2)15-12-13-7-8-14(15)11-13/h13-15H,3-12H2,1-2H3. The molecule has 0 heterocycles.